The van der Waals surface area contributed by atoms with E-state index in [4.69, 9.17) is 19.4 Å². The summed E-state index contributed by atoms with van der Waals surface area (Å²) in [6.07, 6.45) is 4.97. The van der Waals surface area contributed by atoms with Crippen LogP contribution in [-0.4, -0.2) is 63.8 Å². The Bertz CT molecular complexity index is 1660. The van der Waals surface area contributed by atoms with Crippen molar-refractivity contribution in [3.8, 4) is 11.1 Å². The molecule has 3 aromatic carbocycles. The number of nitrogens with one attached hydrogen (secondary N) is 2. The van der Waals surface area contributed by atoms with Gasteiger partial charge in [-0.25, -0.2) is 5.48 Å². The highest BCUT2D eigenvalue weighted by atomic mass is 16.7. The van der Waals surface area contributed by atoms with Gasteiger partial charge < -0.3 is 24.6 Å². The Morgan fingerprint density at radius 2 is 1.55 bits per heavy atom. The number of unbranched alkanes of at least 4 members (excludes halogenated alkanes) is 3. The lowest BCUT2D eigenvalue weighted by atomic mass is 9.98. The first-order valence-corrected chi connectivity index (χ1v) is 18.9. The summed E-state index contributed by atoms with van der Waals surface area (Å²) in [6, 6.07) is 23.8. The number of ether oxygens (including phenoxy) is 3. The maximum atomic E-state index is 13.1. The van der Waals surface area contributed by atoms with Gasteiger partial charge in [0.15, 0.2) is 6.29 Å². The van der Waals surface area contributed by atoms with Gasteiger partial charge in [-0.05, 0) is 92.9 Å². The predicted octanol–water partition coefficient (Wildman–Crippen LogP) is 6.66. The molecule has 4 N–H and O–H groups in total. The molecule has 11 heteroatoms. The van der Waals surface area contributed by atoms with Gasteiger partial charge in [-0.15, -0.1) is 0 Å². The van der Waals surface area contributed by atoms with E-state index in [1.165, 1.54) is 0 Å². The second-order valence-electron chi connectivity index (χ2n) is 15.1. The number of rotatable bonds is 16. The summed E-state index contributed by atoms with van der Waals surface area (Å²) in [5, 5.41) is 21.2. The summed E-state index contributed by atoms with van der Waals surface area (Å²) >= 11 is 0. The standard InChI is InChI=1S/C42H55N3O8/c1-42(2,3)53-40(49)36-15-10-22-45(36)27-35-25-37(31-20-18-29(28-46)19-21-31)52-41(51-35)34-14-9-13-33(24-34)32-12-8-11-30(23-32)26-43-38(47)16-6-4-5-7-17-39(48)44-50/h8-9,11-14,18-21,23-24,35-37,41,46,50H,4-7,10,15-17,22,25-28H2,1-3H3,(H,43,47)(H,44,48)/t35-,36-,37+,41+/m0/s1. The zero-order chi connectivity index (χ0) is 37.8. The van der Waals surface area contributed by atoms with E-state index in [-0.39, 0.29) is 49.1 Å². The van der Waals surface area contributed by atoms with Crippen LogP contribution in [0, 0.1) is 0 Å². The van der Waals surface area contributed by atoms with Crippen LogP contribution >= 0.6 is 0 Å². The normalized spacial score (nSPS) is 20.5. The number of nitrogens with zero attached hydrogens (tertiary/aromatic N) is 1. The van der Waals surface area contributed by atoms with Crippen molar-refractivity contribution in [3.05, 3.63) is 95.1 Å². The van der Waals surface area contributed by atoms with E-state index in [1.54, 1.807) is 5.48 Å². The van der Waals surface area contributed by atoms with Gasteiger partial charge in [-0.1, -0.05) is 73.5 Å². The topological polar surface area (TPSA) is 147 Å². The summed E-state index contributed by atoms with van der Waals surface area (Å²) in [5.74, 6) is -0.595. The zero-order valence-electron chi connectivity index (χ0n) is 31.2. The van der Waals surface area contributed by atoms with E-state index >= 15 is 0 Å². The smallest absolute Gasteiger partial charge is 0.323 e. The molecule has 0 saturated carbocycles. The van der Waals surface area contributed by atoms with E-state index in [0.29, 0.717) is 32.4 Å². The molecular formula is C42H55N3O8. The Hall–Kier alpha value is -4.13. The maximum absolute atomic E-state index is 13.1. The number of carbonyl (C=O) groups is 3. The van der Waals surface area contributed by atoms with Crippen LogP contribution in [-0.2, 0) is 41.7 Å². The minimum absolute atomic E-state index is 0.0152. The molecule has 5 rings (SSSR count). The predicted molar refractivity (Wildman–Crippen MR) is 200 cm³/mol. The Labute approximate surface area is 313 Å². The van der Waals surface area contributed by atoms with Crippen molar-refractivity contribution in [2.24, 2.45) is 0 Å². The molecule has 0 aliphatic carbocycles. The summed E-state index contributed by atoms with van der Waals surface area (Å²) in [4.78, 5) is 38.9. The lowest BCUT2D eigenvalue weighted by Gasteiger charge is -2.38. The molecule has 0 spiro atoms. The number of hydrogen-bond acceptors (Lipinski definition) is 9. The number of likely N-dealkylation sites (tertiary alicyclic amines) is 1. The highest BCUT2D eigenvalue weighted by Crippen LogP contribution is 2.39. The maximum Gasteiger partial charge on any atom is 0.323 e. The molecule has 2 amide bonds. The van der Waals surface area contributed by atoms with Gasteiger partial charge in [0, 0.05) is 37.9 Å². The molecule has 2 aliphatic rings. The van der Waals surface area contributed by atoms with Crippen LogP contribution in [0.5, 0.6) is 0 Å². The number of aliphatic hydroxyl groups excluding tert-OH is 1. The molecule has 0 aromatic heterocycles. The van der Waals surface area contributed by atoms with E-state index in [1.807, 2.05) is 81.4 Å². The Morgan fingerprint density at radius 3 is 2.25 bits per heavy atom. The lowest BCUT2D eigenvalue weighted by molar-refractivity contribution is -0.253. The summed E-state index contributed by atoms with van der Waals surface area (Å²) in [5.41, 5.74) is 6.78. The third kappa shape index (κ3) is 12.2. The summed E-state index contributed by atoms with van der Waals surface area (Å²) < 4.78 is 19.1. The molecule has 286 valence electrons. The molecule has 11 nitrogen and oxygen atoms in total. The van der Waals surface area contributed by atoms with Crippen LogP contribution in [0.1, 0.15) is 113 Å². The molecule has 3 aromatic rings. The second-order valence-corrected chi connectivity index (χ2v) is 15.1. The highest BCUT2D eigenvalue weighted by Gasteiger charge is 2.39. The van der Waals surface area contributed by atoms with Gasteiger partial charge in [0.1, 0.15) is 11.6 Å². The third-order valence-electron chi connectivity index (χ3n) is 9.69. The average molecular weight is 730 g/mol. The summed E-state index contributed by atoms with van der Waals surface area (Å²) in [6.45, 7) is 7.44. The van der Waals surface area contributed by atoms with E-state index in [0.717, 1.165) is 72.0 Å². The fourth-order valence-corrected chi connectivity index (χ4v) is 6.97. The first-order valence-electron chi connectivity index (χ1n) is 18.9. The molecule has 4 atom stereocenters. The van der Waals surface area contributed by atoms with Crippen LogP contribution in [0.2, 0.25) is 0 Å². The van der Waals surface area contributed by atoms with Gasteiger partial charge >= 0.3 is 5.97 Å². The molecule has 2 heterocycles. The van der Waals surface area contributed by atoms with Crippen LogP contribution in [0.25, 0.3) is 11.1 Å². The minimum atomic E-state index is -0.645. The number of carbonyl (C=O) groups excluding carboxylic acids is 3. The van der Waals surface area contributed by atoms with Crippen molar-refractivity contribution < 1.29 is 38.9 Å². The van der Waals surface area contributed by atoms with Crippen LogP contribution < -0.4 is 10.8 Å². The number of hydroxylamine groups is 1. The monoisotopic (exact) mass is 729 g/mol. The highest BCUT2D eigenvalue weighted by molar-refractivity contribution is 5.77. The van der Waals surface area contributed by atoms with Crippen LogP contribution in [0.4, 0.5) is 0 Å². The van der Waals surface area contributed by atoms with E-state index < -0.39 is 11.9 Å². The van der Waals surface area contributed by atoms with Gasteiger partial charge in [-0.2, -0.15) is 0 Å². The Morgan fingerprint density at radius 1 is 0.849 bits per heavy atom. The molecule has 0 unspecified atom stereocenters. The molecule has 2 saturated heterocycles. The molecule has 0 bridgehead atoms. The largest absolute Gasteiger partial charge is 0.459 e. The minimum Gasteiger partial charge on any atom is -0.459 e. The average Bonchev–Trinajstić information content (AvgIpc) is 3.63. The Balaban J connectivity index is 1.25. The summed E-state index contributed by atoms with van der Waals surface area (Å²) in [7, 11) is 0. The quantitative estimate of drug-likeness (QED) is 0.0550. The van der Waals surface area contributed by atoms with Crippen molar-refractivity contribution in [2.45, 2.75) is 122 Å². The van der Waals surface area contributed by atoms with Gasteiger partial charge in [-0.3, -0.25) is 24.5 Å². The first kappa shape index (κ1) is 40.1. The number of hydrogen-bond donors (Lipinski definition) is 4. The number of benzene rings is 3. The van der Waals surface area contributed by atoms with Crippen LogP contribution in [0.15, 0.2) is 72.8 Å². The van der Waals surface area contributed by atoms with Gasteiger partial charge in [0.2, 0.25) is 11.8 Å². The molecule has 0 radical (unpaired) electrons. The molecule has 53 heavy (non-hydrogen) atoms. The van der Waals surface area contributed by atoms with Crippen molar-refractivity contribution >= 4 is 17.8 Å². The molecular weight excluding hydrogens is 674 g/mol. The first-order chi connectivity index (χ1) is 25.5. The molecule has 2 fully saturated rings. The van der Waals surface area contributed by atoms with Crippen LogP contribution in [0.3, 0.4) is 0 Å². The van der Waals surface area contributed by atoms with E-state index in [9.17, 15) is 19.5 Å². The Kier molecular flexibility index (Phi) is 14.6. The fraction of sp³-hybridized carbons (Fsp3) is 0.500. The number of aliphatic hydroxyl groups is 1. The zero-order valence-corrected chi connectivity index (χ0v) is 31.2. The number of amides is 2. The SMILES string of the molecule is CC(C)(C)OC(=O)[C@@H]1CCCN1C[C@@H]1C[C@H](c2ccc(CO)cc2)O[C@H](c2cccc(-c3cccc(CNC(=O)CCCCCCC(=O)NO)c3)c2)O1. The van der Waals surface area contributed by atoms with Gasteiger partial charge in [0.25, 0.3) is 0 Å². The fourth-order valence-electron chi connectivity index (χ4n) is 6.97. The second kappa shape index (κ2) is 19.3. The van der Waals surface area contributed by atoms with Crippen molar-refractivity contribution in [3.63, 3.8) is 0 Å². The van der Waals surface area contributed by atoms with Crippen molar-refractivity contribution in [1.29, 1.82) is 0 Å². The molecule has 2 aliphatic heterocycles. The van der Waals surface area contributed by atoms with Gasteiger partial charge in [0.05, 0.1) is 18.8 Å². The van der Waals surface area contributed by atoms with Crippen molar-refractivity contribution in [2.75, 3.05) is 13.1 Å². The van der Waals surface area contributed by atoms with E-state index in [2.05, 4.69) is 22.3 Å². The van der Waals surface area contributed by atoms with Crippen molar-refractivity contribution in [1.82, 2.24) is 15.7 Å². The number of esters is 1. The third-order valence-corrected chi connectivity index (χ3v) is 9.69. The lowest BCUT2D eigenvalue weighted by Crippen LogP contribution is -2.45.